The van der Waals surface area contributed by atoms with Gasteiger partial charge in [-0.25, -0.2) is 0 Å². The molecule has 0 fully saturated rings. The Morgan fingerprint density at radius 3 is 1.75 bits per heavy atom. The third-order valence-corrected chi connectivity index (χ3v) is 7.95. The highest BCUT2D eigenvalue weighted by atomic mass is 35.5. The van der Waals surface area contributed by atoms with Crippen molar-refractivity contribution in [1.82, 2.24) is 0 Å². The van der Waals surface area contributed by atoms with Crippen molar-refractivity contribution in [1.29, 1.82) is 0 Å². The Morgan fingerprint density at radius 1 is 0.800 bits per heavy atom. The van der Waals surface area contributed by atoms with Crippen molar-refractivity contribution in [2.45, 2.75) is 14.1 Å². The molecule has 2 nitrogen and oxygen atoms in total. The molecule has 0 saturated carbocycles. The average molecular weight is 415 g/mol. The predicted octanol–water partition coefficient (Wildman–Crippen LogP) is 5.51. The van der Waals surface area contributed by atoms with Crippen LogP contribution in [0.15, 0.2) is 16.1 Å². The molecule has 0 heterocycles. The molecular weight excluding hydrogens is 412 g/mol. The summed E-state index contributed by atoms with van der Waals surface area (Å²) in [5.41, 5.74) is -0.0472. The third-order valence-electron chi connectivity index (χ3n) is 3.58. The Bertz CT molecular complexity index is 699. The molecule has 108 valence electrons. The maximum Gasteiger partial charge on any atom is 0.174 e. The minimum Gasteiger partial charge on any atom is -0.508 e. The predicted molar refractivity (Wildman–Crippen MR) is 83.0 cm³/mol. The van der Waals surface area contributed by atoms with E-state index < -0.39 is 19.8 Å². The van der Waals surface area contributed by atoms with Crippen LogP contribution in [0.3, 0.4) is 0 Å². The number of phenolic OH excluding ortho intramolecular Hbond substituents is 2. The second kappa shape index (κ2) is 4.11. The fraction of sp³-hybridized carbons (Fsp3) is 0.273. The molecule has 3 rings (SSSR count). The largest absolute Gasteiger partial charge is 0.508 e. The van der Waals surface area contributed by atoms with Gasteiger partial charge in [0.25, 0.3) is 0 Å². The van der Waals surface area contributed by atoms with Crippen LogP contribution in [0.2, 0.25) is 5.02 Å². The van der Waals surface area contributed by atoms with E-state index in [-0.39, 0.29) is 32.0 Å². The highest BCUT2D eigenvalue weighted by Gasteiger charge is 2.79. The first kappa shape index (κ1) is 15.5. The summed E-state index contributed by atoms with van der Waals surface area (Å²) < 4.78 is -1.92. The monoisotopic (exact) mass is 412 g/mol. The number of allylic oxidation sites excluding steroid dienone is 2. The molecule has 0 aliphatic heterocycles. The standard InChI is InChI=1S/C11H3Cl7O2/c12-2-1-3(19)4-5(6(2)20)10(16)8(14)7(13)9(4,15)11(10,17)18/h1,19-20H. The van der Waals surface area contributed by atoms with E-state index in [0.29, 0.717) is 0 Å². The Kier molecular flexibility index (Phi) is 3.18. The van der Waals surface area contributed by atoms with E-state index in [1.807, 2.05) is 0 Å². The molecular formula is C11H3Cl7O2. The summed E-state index contributed by atoms with van der Waals surface area (Å²) in [6.45, 7) is 0. The zero-order valence-electron chi connectivity index (χ0n) is 9.12. The van der Waals surface area contributed by atoms with Crippen LogP contribution in [-0.2, 0) is 9.75 Å². The molecule has 2 unspecified atom stereocenters. The van der Waals surface area contributed by atoms with E-state index >= 15 is 0 Å². The molecule has 20 heavy (non-hydrogen) atoms. The second-order valence-corrected chi connectivity index (χ2v) is 8.12. The van der Waals surface area contributed by atoms with Gasteiger partial charge in [-0.2, -0.15) is 0 Å². The van der Waals surface area contributed by atoms with Crippen LogP contribution in [-0.4, -0.2) is 14.5 Å². The highest BCUT2D eigenvalue weighted by Crippen LogP contribution is 2.79. The van der Waals surface area contributed by atoms with Crippen molar-refractivity contribution in [2.75, 3.05) is 0 Å². The van der Waals surface area contributed by atoms with E-state index in [2.05, 4.69) is 0 Å². The first-order valence-electron chi connectivity index (χ1n) is 5.10. The van der Waals surface area contributed by atoms with Gasteiger partial charge < -0.3 is 10.2 Å². The van der Waals surface area contributed by atoms with Gasteiger partial charge in [0.1, 0.15) is 21.2 Å². The van der Waals surface area contributed by atoms with Gasteiger partial charge in [0.15, 0.2) is 4.33 Å². The lowest BCUT2D eigenvalue weighted by Gasteiger charge is -2.31. The van der Waals surface area contributed by atoms with Gasteiger partial charge in [0, 0.05) is 17.2 Å². The lowest BCUT2D eigenvalue weighted by molar-refractivity contribution is 0.448. The van der Waals surface area contributed by atoms with Gasteiger partial charge in [0.2, 0.25) is 0 Å². The normalized spacial score (nSPS) is 33.8. The summed E-state index contributed by atoms with van der Waals surface area (Å²) in [5, 5.41) is 19.9. The number of hydrogen-bond acceptors (Lipinski definition) is 2. The molecule has 9 heteroatoms. The summed E-state index contributed by atoms with van der Waals surface area (Å²) in [6, 6.07) is 1.10. The summed E-state index contributed by atoms with van der Waals surface area (Å²) in [5.74, 6) is -0.752. The van der Waals surface area contributed by atoms with Crippen molar-refractivity contribution < 1.29 is 10.2 Å². The van der Waals surface area contributed by atoms with Crippen LogP contribution in [0.1, 0.15) is 11.1 Å². The first-order chi connectivity index (χ1) is 9.02. The Balaban J connectivity index is 2.56. The van der Waals surface area contributed by atoms with E-state index in [9.17, 15) is 10.2 Å². The molecule has 0 spiro atoms. The van der Waals surface area contributed by atoms with Gasteiger partial charge in [-0.3, -0.25) is 0 Å². The number of benzene rings is 1. The zero-order chi connectivity index (χ0) is 15.2. The van der Waals surface area contributed by atoms with E-state index in [0.717, 1.165) is 6.07 Å². The lowest BCUT2D eigenvalue weighted by atomic mass is 9.93. The number of fused-ring (bicyclic) bond motifs is 5. The molecule has 0 saturated heterocycles. The van der Waals surface area contributed by atoms with Gasteiger partial charge in [-0.1, -0.05) is 58.0 Å². The van der Waals surface area contributed by atoms with Crippen LogP contribution in [0.25, 0.3) is 0 Å². The quantitative estimate of drug-likeness (QED) is 0.433. The molecule has 0 amide bonds. The van der Waals surface area contributed by atoms with Gasteiger partial charge in [0.05, 0.1) is 15.1 Å². The summed E-state index contributed by atoms with van der Waals surface area (Å²) in [6.07, 6.45) is 0. The van der Waals surface area contributed by atoms with E-state index in [1.165, 1.54) is 0 Å². The third kappa shape index (κ3) is 1.30. The SMILES string of the molecule is Oc1cc(Cl)c(O)c2c1C1(Cl)C(Cl)=C(Cl)C2(Cl)C1(Cl)Cl. The van der Waals surface area contributed by atoms with Crippen molar-refractivity contribution in [2.24, 2.45) is 0 Å². The zero-order valence-corrected chi connectivity index (χ0v) is 14.4. The van der Waals surface area contributed by atoms with Crippen LogP contribution < -0.4 is 0 Å². The van der Waals surface area contributed by atoms with E-state index in [4.69, 9.17) is 81.2 Å². The number of phenols is 2. The summed E-state index contributed by atoms with van der Waals surface area (Å²) >= 11 is 43.5. The fourth-order valence-corrected chi connectivity index (χ4v) is 5.56. The van der Waals surface area contributed by atoms with Crippen molar-refractivity contribution in [3.05, 3.63) is 32.3 Å². The van der Waals surface area contributed by atoms with Crippen molar-refractivity contribution in [3.8, 4) is 11.5 Å². The first-order valence-corrected chi connectivity index (χ1v) is 7.74. The molecule has 2 bridgehead atoms. The van der Waals surface area contributed by atoms with Crippen LogP contribution in [0, 0.1) is 0 Å². The lowest BCUT2D eigenvalue weighted by Crippen LogP contribution is -2.39. The molecule has 1 aromatic carbocycles. The number of aromatic hydroxyl groups is 2. The Labute approximate surface area is 148 Å². The smallest absolute Gasteiger partial charge is 0.174 e. The van der Waals surface area contributed by atoms with Gasteiger partial charge >= 0.3 is 0 Å². The minimum atomic E-state index is -1.92. The van der Waals surface area contributed by atoms with Crippen molar-refractivity contribution >= 4 is 81.2 Å². The molecule has 0 radical (unpaired) electrons. The van der Waals surface area contributed by atoms with Crippen LogP contribution in [0.4, 0.5) is 0 Å². The Hall–Kier alpha value is 0.590. The average Bonchev–Trinajstić information content (AvgIpc) is 2.56. The molecule has 2 atom stereocenters. The molecule has 2 N–H and O–H groups in total. The van der Waals surface area contributed by atoms with Crippen LogP contribution in [0.5, 0.6) is 11.5 Å². The topological polar surface area (TPSA) is 40.5 Å². The number of hydrogen-bond donors (Lipinski definition) is 2. The molecule has 2 aliphatic carbocycles. The molecule has 0 aromatic heterocycles. The summed E-state index contributed by atoms with van der Waals surface area (Å²) in [4.78, 5) is -3.59. The minimum absolute atomic E-state index is 0.00420. The number of rotatable bonds is 0. The second-order valence-electron chi connectivity index (χ2n) is 4.50. The Morgan fingerprint density at radius 2 is 1.25 bits per heavy atom. The maximum atomic E-state index is 10.2. The molecule has 1 aromatic rings. The fourth-order valence-electron chi connectivity index (χ4n) is 2.66. The van der Waals surface area contributed by atoms with Crippen LogP contribution >= 0.6 is 81.2 Å². The highest BCUT2D eigenvalue weighted by molar-refractivity contribution is 6.65. The van der Waals surface area contributed by atoms with Gasteiger partial charge in [-0.15, -0.1) is 23.2 Å². The van der Waals surface area contributed by atoms with Crippen molar-refractivity contribution in [3.63, 3.8) is 0 Å². The number of alkyl halides is 4. The molecule has 2 aliphatic rings. The number of halogens is 7. The summed E-state index contributed by atoms with van der Waals surface area (Å²) in [7, 11) is 0. The van der Waals surface area contributed by atoms with Gasteiger partial charge in [-0.05, 0) is 0 Å². The van der Waals surface area contributed by atoms with E-state index in [1.54, 1.807) is 0 Å². The maximum absolute atomic E-state index is 10.2.